The van der Waals surface area contributed by atoms with Crippen molar-refractivity contribution in [3.63, 3.8) is 0 Å². The maximum absolute atomic E-state index is 11.2. The predicted molar refractivity (Wildman–Crippen MR) is 78.3 cm³/mol. The number of hydrogen-bond donors (Lipinski definition) is 2. The van der Waals surface area contributed by atoms with Gasteiger partial charge in [-0.15, -0.1) is 0 Å². The number of nitrogens with two attached hydrogens (primary N) is 1. The Morgan fingerprint density at radius 1 is 1.38 bits per heavy atom. The molecule has 1 atom stereocenters. The minimum Gasteiger partial charge on any atom is -0.486 e. The number of thiazole rings is 1. The summed E-state index contributed by atoms with van der Waals surface area (Å²) in [6, 6.07) is 7.44. The average Bonchev–Trinajstić information content (AvgIpc) is 2.94. The first kappa shape index (κ1) is 14.1. The van der Waals surface area contributed by atoms with Crippen molar-refractivity contribution in [2.45, 2.75) is 10.3 Å². The molecular formula is C12H13N3O4S2. The molecule has 1 aromatic heterocycles. The number of aromatic nitrogens is 1. The van der Waals surface area contributed by atoms with Gasteiger partial charge in [0, 0.05) is 0 Å². The van der Waals surface area contributed by atoms with Gasteiger partial charge in [0.15, 0.2) is 20.8 Å². The Morgan fingerprint density at radius 2 is 2.14 bits per heavy atom. The summed E-state index contributed by atoms with van der Waals surface area (Å²) < 4.78 is 33.7. The Balaban J connectivity index is 1.61. The van der Waals surface area contributed by atoms with E-state index in [2.05, 4.69) is 10.3 Å². The third kappa shape index (κ3) is 3.26. The molecule has 1 unspecified atom stereocenters. The van der Waals surface area contributed by atoms with E-state index in [0.29, 0.717) is 24.0 Å². The molecule has 3 rings (SSSR count). The van der Waals surface area contributed by atoms with Crippen LogP contribution in [0.25, 0.3) is 0 Å². The molecule has 0 saturated carbocycles. The number of primary sulfonamides is 1. The van der Waals surface area contributed by atoms with Crippen molar-refractivity contribution < 1.29 is 17.9 Å². The second-order valence-corrected chi connectivity index (χ2v) is 7.23. The lowest BCUT2D eigenvalue weighted by molar-refractivity contribution is 0.0997. The molecular weight excluding hydrogens is 314 g/mol. The van der Waals surface area contributed by atoms with E-state index in [4.69, 9.17) is 14.6 Å². The number of ether oxygens (including phenoxy) is 2. The summed E-state index contributed by atoms with van der Waals surface area (Å²) >= 11 is 0.982. The van der Waals surface area contributed by atoms with Crippen LogP contribution in [-0.2, 0) is 10.0 Å². The Morgan fingerprint density at radius 3 is 2.86 bits per heavy atom. The van der Waals surface area contributed by atoms with Crippen LogP contribution in [-0.4, -0.2) is 32.7 Å². The molecule has 21 heavy (non-hydrogen) atoms. The first-order valence-electron chi connectivity index (χ1n) is 6.13. The lowest BCUT2D eigenvalue weighted by Gasteiger charge is -2.26. The molecule has 0 radical (unpaired) electrons. The Bertz CT molecular complexity index is 744. The number of para-hydroxylation sites is 2. The van der Waals surface area contributed by atoms with Crippen molar-refractivity contribution in [2.75, 3.05) is 18.5 Å². The van der Waals surface area contributed by atoms with Crippen LogP contribution in [0.15, 0.2) is 34.7 Å². The monoisotopic (exact) mass is 327 g/mol. The van der Waals surface area contributed by atoms with Crippen LogP contribution in [0.4, 0.5) is 5.13 Å². The Labute approximate surface area is 125 Å². The fourth-order valence-corrected chi connectivity index (χ4v) is 3.30. The van der Waals surface area contributed by atoms with Gasteiger partial charge in [-0.1, -0.05) is 23.5 Å². The molecule has 112 valence electrons. The first-order chi connectivity index (χ1) is 10.0. The van der Waals surface area contributed by atoms with E-state index in [9.17, 15) is 8.42 Å². The first-order valence-corrected chi connectivity index (χ1v) is 8.49. The molecule has 0 aliphatic carbocycles. The number of nitrogens with zero attached hydrogens (tertiary/aromatic N) is 1. The van der Waals surface area contributed by atoms with Crippen LogP contribution in [0, 0.1) is 0 Å². The molecule has 0 saturated heterocycles. The van der Waals surface area contributed by atoms with E-state index in [0.717, 1.165) is 17.1 Å². The quantitative estimate of drug-likeness (QED) is 0.870. The van der Waals surface area contributed by atoms with Crippen LogP contribution in [0.1, 0.15) is 0 Å². The van der Waals surface area contributed by atoms with Gasteiger partial charge in [0.05, 0.1) is 12.7 Å². The summed E-state index contributed by atoms with van der Waals surface area (Å²) in [7, 11) is -3.71. The van der Waals surface area contributed by atoms with E-state index in [1.165, 1.54) is 6.20 Å². The summed E-state index contributed by atoms with van der Waals surface area (Å²) in [6.07, 6.45) is 1.05. The van der Waals surface area contributed by atoms with Gasteiger partial charge in [0.2, 0.25) is 10.0 Å². The molecule has 0 spiro atoms. The second-order valence-electron chi connectivity index (χ2n) is 4.41. The van der Waals surface area contributed by atoms with Crippen molar-refractivity contribution in [1.29, 1.82) is 0 Å². The summed E-state index contributed by atoms with van der Waals surface area (Å²) in [5.41, 5.74) is 0. The van der Waals surface area contributed by atoms with Gasteiger partial charge in [0.25, 0.3) is 0 Å². The smallest absolute Gasteiger partial charge is 0.249 e. The summed E-state index contributed by atoms with van der Waals surface area (Å²) in [5.74, 6) is 1.42. The molecule has 1 aliphatic rings. The van der Waals surface area contributed by atoms with Crippen molar-refractivity contribution in [3.05, 3.63) is 30.5 Å². The van der Waals surface area contributed by atoms with E-state index in [1.54, 1.807) is 0 Å². The molecule has 3 N–H and O–H groups in total. The number of anilines is 1. The minimum absolute atomic E-state index is 0.0242. The SMILES string of the molecule is NS(=O)(=O)c1cnc(NCC2COc3ccccc3O2)s1. The Kier molecular flexibility index (Phi) is 3.70. The molecule has 9 heteroatoms. The minimum atomic E-state index is -3.71. The fourth-order valence-electron chi connectivity index (χ4n) is 1.84. The van der Waals surface area contributed by atoms with E-state index in [1.807, 2.05) is 24.3 Å². The molecule has 1 aliphatic heterocycles. The Hall–Kier alpha value is -1.84. The number of rotatable bonds is 4. The molecule has 1 aromatic carbocycles. The largest absolute Gasteiger partial charge is 0.486 e. The number of fused-ring (bicyclic) bond motifs is 1. The highest BCUT2D eigenvalue weighted by atomic mass is 32.2. The van der Waals surface area contributed by atoms with E-state index < -0.39 is 10.0 Å². The second kappa shape index (κ2) is 5.51. The van der Waals surface area contributed by atoms with Crippen LogP contribution < -0.4 is 19.9 Å². The van der Waals surface area contributed by atoms with Gasteiger partial charge in [-0.2, -0.15) is 0 Å². The van der Waals surface area contributed by atoms with Gasteiger partial charge in [-0.3, -0.25) is 0 Å². The molecule has 7 nitrogen and oxygen atoms in total. The average molecular weight is 327 g/mol. The number of sulfonamides is 1. The lowest BCUT2D eigenvalue weighted by Crippen LogP contribution is -2.35. The molecule has 0 amide bonds. The normalized spacial score (nSPS) is 17.5. The summed E-state index contributed by atoms with van der Waals surface area (Å²) in [6.45, 7) is 0.864. The van der Waals surface area contributed by atoms with Crippen LogP contribution >= 0.6 is 11.3 Å². The molecule has 0 fully saturated rings. The van der Waals surface area contributed by atoms with Gasteiger partial charge < -0.3 is 14.8 Å². The standard InChI is InChI=1S/C12H13N3O4S2/c13-21(16,17)11-6-15-12(20-11)14-5-8-7-18-9-3-1-2-4-10(9)19-8/h1-4,6,8H,5,7H2,(H,14,15)(H2,13,16,17). The zero-order valence-corrected chi connectivity index (χ0v) is 12.5. The highest BCUT2D eigenvalue weighted by Crippen LogP contribution is 2.31. The third-order valence-electron chi connectivity index (χ3n) is 2.81. The maximum Gasteiger partial charge on any atom is 0.249 e. The summed E-state index contributed by atoms with van der Waals surface area (Å²) in [5, 5.41) is 8.53. The molecule has 0 bridgehead atoms. The van der Waals surface area contributed by atoms with Gasteiger partial charge in [-0.05, 0) is 12.1 Å². The topological polar surface area (TPSA) is 104 Å². The number of benzene rings is 1. The van der Waals surface area contributed by atoms with Crippen molar-refractivity contribution in [2.24, 2.45) is 5.14 Å². The van der Waals surface area contributed by atoms with Gasteiger partial charge in [0.1, 0.15) is 12.7 Å². The third-order valence-corrected chi connectivity index (χ3v) is 5.18. The number of hydrogen-bond acceptors (Lipinski definition) is 7. The van der Waals surface area contributed by atoms with Crippen LogP contribution in [0.2, 0.25) is 0 Å². The maximum atomic E-state index is 11.2. The van der Waals surface area contributed by atoms with E-state index >= 15 is 0 Å². The highest BCUT2D eigenvalue weighted by Gasteiger charge is 2.21. The predicted octanol–water partition coefficient (Wildman–Crippen LogP) is 1.04. The zero-order valence-electron chi connectivity index (χ0n) is 10.9. The molecule has 2 heterocycles. The van der Waals surface area contributed by atoms with Crippen LogP contribution in [0.5, 0.6) is 11.5 Å². The van der Waals surface area contributed by atoms with Crippen molar-refractivity contribution >= 4 is 26.5 Å². The van der Waals surface area contributed by atoms with Crippen LogP contribution in [0.3, 0.4) is 0 Å². The lowest BCUT2D eigenvalue weighted by atomic mass is 10.2. The van der Waals surface area contributed by atoms with E-state index in [-0.39, 0.29) is 10.3 Å². The van der Waals surface area contributed by atoms with Gasteiger partial charge >= 0.3 is 0 Å². The zero-order chi connectivity index (χ0) is 14.9. The van der Waals surface area contributed by atoms with Crippen molar-refractivity contribution in [1.82, 2.24) is 4.98 Å². The number of nitrogens with one attached hydrogen (secondary N) is 1. The van der Waals surface area contributed by atoms with Crippen molar-refractivity contribution in [3.8, 4) is 11.5 Å². The highest BCUT2D eigenvalue weighted by molar-refractivity contribution is 7.91. The fraction of sp³-hybridized carbons (Fsp3) is 0.250. The molecule has 2 aromatic rings. The summed E-state index contributed by atoms with van der Waals surface area (Å²) in [4.78, 5) is 3.96. The van der Waals surface area contributed by atoms with Gasteiger partial charge in [-0.25, -0.2) is 18.5 Å².